The van der Waals surface area contributed by atoms with E-state index in [9.17, 15) is 33.5 Å². The van der Waals surface area contributed by atoms with Crippen molar-refractivity contribution in [2.45, 2.75) is 111 Å². The van der Waals surface area contributed by atoms with Gasteiger partial charge in [0.25, 0.3) is 17.0 Å². The minimum absolute atomic E-state index is 0.00419. The molecule has 2 fully saturated rings. The number of nitrogens with zero attached hydrogens (tertiary/aromatic N) is 9. The molecule has 0 saturated carbocycles. The van der Waals surface area contributed by atoms with Crippen LogP contribution < -0.4 is 35.5 Å². The van der Waals surface area contributed by atoms with Crippen LogP contribution in [-0.4, -0.2) is 118 Å². The summed E-state index contributed by atoms with van der Waals surface area (Å²) in [6.07, 6.45) is 0.905. The summed E-state index contributed by atoms with van der Waals surface area (Å²) in [7, 11) is 4.49. The predicted molar refractivity (Wildman–Crippen MR) is 338 cm³/mol. The van der Waals surface area contributed by atoms with Gasteiger partial charge in [0, 0.05) is 51.1 Å². The molecule has 8 aromatic rings. The van der Waals surface area contributed by atoms with Crippen molar-refractivity contribution in [3.05, 3.63) is 152 Å². The lowest BCUT2D eigenvalue weighted by molar-refractivity contribution is -0.121. The largest absolute Gasteiger partial charge is 0.507 e. The normalized spacial score (nSPS) is 18.2. The second-order valence-corrected chi connectivity index (χ2v) is 25.1. The highest BCUT2D eigenvalue weighted by atomic mass is 19.1. The number of piperazine rings is 1. The highest BCUT2D eigenvalue weighted by molar-refractivity contribution is 6.13. The number of phenols is 1. The quantitative estimate of drug-likeness (QED) is 0.106. The van der Waals surface area contributed by atoms with Crippen LogP contribution in [0.4, 0.5) is 45.1 Å². The Morgan fingerprint density at radius 3 is 1.62 bits per heavy atom. The zero-order valence-corrected chi connectivity index (χ0v) is 52.2. The molecule has 8 heterocycles. The van der Waals surface area contributed by atoms with Gasteiger partial charge in [-0.3, -0.25) is 28.3 Å². The number of benzene rings is 4. The predicted octanol–water partition coefficient (Wildman–Crippen LogP) is 12.0. The fraction of sp³-hybridized carbons (Fsp3) is 0.368. The second kappa shape index (κ2) is 23.9. The van der Waals surface area contributed by atoms with Crippen LogP contribution >= 0.6 is 0 Å². The first-order chi connectivity index (χ1) is 42.7. The van der Waals surface area contributed by atoms with Crippen molar-refractivity contribution in [2.24, 2.45) is 5.92 Å². The Kier molecular flexibility index (Phi) is 16.5. The first kappa shape index (κ1) is 62.3. The van der Waals surface area contributed by atoms with Gasteiger partial charge in [0.1, 0.15) is 63.6 Å². The average Bonchev–Trinajstić information content (AvgIpc) is 0.718. The number of hydrogen-bond donors (Lipinski definition) is 1. The molecule has 4 aromatic heterocycles. The summed E-state index contributed by atoms with van der Waals surface area (Å²) in [6, 6.07) is 23.1. The SMILES string of the molecule is CC(C)c1ccccc1-n1c(=O)c2c(c3cc(F)c(-c4c(O)cccc4F)nc31)N1C[C@@H](C)CC[C@@H]1C(=O)N2C.COCOc1cccc(F)c1-c1nc2c(cc1F)c1c(c(=O)n2-c2ccccc2C(C)C)N(C)C(=O)[C@H]2CN(C(=O)OC(C)(C)C)[C@H](C)CN12. The Labute approximate surface area is 517 Å². The van der Waals surface area contributed by atoms with E-state index in [2.05, 4.69) is 11.9 Å². The van der Waals surface area contributed by atoms with Gasteiger partial charge in [0.15, 0.2) is 29.7 Å². The molecule has 2 saturated heterocycles. The minimum Gasteiger partial charge on any atom is -0.507 e. The molecule has 0 aliphatic carbocycles. The third-order valence-corrected chi connectivity index (χ3v) is 17.1. The van der Waals surface area contributed by atoms with Crippen LogP contribution in [0.2, 0.25) is 0 Å². The Morgan fingerprint density at radius 1 is 0.622 bits per heavy atom. The number of fused-ring (bicyclic) bond motifs is 10. The molecule has 4 atom stereocenters. The van der Waals surface area contributed by atoms with Crippen molar-refractivity contribution >= 4 is 62.7 Å². The summed E-state index contributed by atoms with van der Waals surface area (Å²) in [5.74, 6) is -4.13. The van der Waals surface area contributed by atoms with E-state index in [1.807, 2.05) is 63.8 Å². The molecule has 0 unspecified atom stereocenters. The Hall–Kier alpha value is -9.31. The van der Waals surface area contributed by atoms with E-state index in [-0.39, 0.29) is 94.2 Å². The van der Waals surface area contributed by atoms with E-state index in [0.717, 1.165) is 23.6 Å². The van der Waals surface area contributed by atoms with Gasteiger partial charge in [-0.2, -0.15) is 0 Å². The van der Waals surface area contributed by atoms with E-state index < -0.39 is 81.6 Å². The van der Waals surface area contributed by atoms with Gasteiger partial charge in [-0.15, -0.1) is 0 Å². The zero-order valence-electron chi connectivity index (χ0n) is 52.2. The number of para-hydroxylation sites is 2. The Morgan fingerprint density at radius 2 is 1.11 bits per heavy atom. The lowest BCUT2D eigenvalue weighted by Crippen LogP contribution is -2.66. The fourth-order valence-corrected chi connectivity index (χ4v) is 12.9. The molecule has 4 aliphatic heterocycles. The molecule has 18 nitrogen and oxygen atoms in total. The summed E-state index contributed by atoms with van der Waals surface area (Å²) < 4.78 is 82.0. The number of likely N-dealkylation sites (N-methyl/N-ethyl adjacent to an activating group) is 2. The van der Waals surface area contributed by atoms with Gasteiger partial charge in [-0.05, 0) is 118 Å². The number of amides is 3. The van der Waals surface area contributed by atoms with Crippen LogP contribution in [0.5, 0.6) is 11.5 Å². The van der Waals surface area contributed by atoms with E-state index in [1.165, 1.54) is 80.5 Å². The van der Waals surface area contributed by atoms with E-state index >= 15 is 13.2 Å². The molecule has 0 spiro atoms. The molecule has 3 amide bonds. The molecular weight excluding hydrogens is 1160 g/mol. The molecule has 4 aromatic carbocycles. The standard InChI is InChI=1S/C37H41F2N5O6.C31H30F2N4O3/c1-20(2)22-12-9-10-14-26(22)44-33-23(16-25(39)30(40-33)29-24(38)13-11-15-28(29)49-19-48-8)31-32(35(44)46)41(7)34(45)27-18-42(21(3)17-43(27)31)36(47)50-37(4,5)6;1-16(2)18-8-5-6-10-22(18)37-29-19(14-21(33)26(34-29)25-20(32)9-7-11-24(25)38)27-28(31(37)40)35(4)30(39)23-13-12-17(3)15-36(23)27/h9-16,20-21,27H,17-19H2,1-8H3;5-11,14,16-17,23,38H,12-13,15H2,1-4H3/t21-,27-;17-,23+/m10/s1. The van der Waals surface area contributed by atoms with Crippen LogP contribution in [0.15, 0.2) is 107 Å². The second-order valence-electron chi connectivity index (χ2n) is 25.1. The zero-order chi connectivity index (χ0) is 64.7. The van der Waals surface area contributed by atoms with Gasteiger partial charge in [0.2, 0.25) is 5.91 Å². The number of aromatic nitrogens is 4. The van der Waals surface area contributed by atoms with Crippen molar-refractivity contribution in [1.29, 1.82) is 0 Å². The molecule has 0 radical (unpaired) electrons. The van der Waals surface area contributed by atoms with E-state index in [0.29, 0.717) is 41.1 Å². The number of halogens is 4. The number of rotatable bonds is 9. The molecule has 90 heavy (non-hydrogen) atoms. The van der Waals surface area contributed by atoms with Gasteiger partial charge in [-0.1, -0.05) is 83.1 Å². The number of phenolic OH excluding ortho intramolecular Hbond substituents is 1. The van der Waals surface area contributed by atoms with Crippen molar-refractivity contribution in [1.82, 2.24) is 24.0 Å². The van der Waals surface area contributed by atoms with Crippen LogP contribution in [0.3, 0.4) is 0 Å². The number of ether oxygens (including phenoxy) is 3. The van der Waals surface area contributed by atoms with Crippen molar-refractivity contribution in [3.63, 3.8) is 0 Å². The van der Waals surface area contributed by atoms with Crippen molar-refractivity contribution in [3.8, 4) is 45.4 Å². The summed E-state index contributed by atoms with van der Waals surface area (Å²) in [5, 5.41) is 11.0. The summed E-state index contributed by atoms with van der Waals surface area (Å²) in [4.78, 5) is 87.2. The molecule has 470 valence electrons. The van der Waals surface area contributed by atoms with Crippen LogP contribution in [-0.2, 0) is 19.1 Å². The number of methoxy groups -OCH3 is 1. The van der Waals surface area contributed by atoms with Crippen LogP contribution in [0.25, 0.3) is 56.0 Å². The number of pyridine rings is 4. The lowest BCUT2D eigenvalue weighted by atomic mass is 9.90. The summed E-state index contributed by atoms with van der Waals surface area (Å²) in [5.41, 5.74) is 0.625. The van der Waals surface area contributed by atoms with E-state index in [1.54, 1.807) is 57.0 Å². The maximum Gasteiger partial charge on any atom is 0.410 e. The maximum absolute atomic E-state index is 16.5. The van der Waals surface area contributed by atoms with Crippen LogP contribution in [0.1, 0.15) is 98.1 Å². The summed E-state index contributed by atoms with van der Waals surface area (Å²) in [6.45, 7) is 17.6. The van der Waals surface area contributed by atoms with E-state index in [4.69, 9.17) is 19.2 Å². The topological polar surface area (TPSA) is 185 Å². The maximum atomic E-state index is 16.5. The molecule has 1 N–H and O–H groups in total. The number of piperidine rings is 1. The monoisotopic (exact) mass is 1230 g/mol. The number of hydrogen-bond acceptors (Lipinski definition) is 13. The lowest BCUT2D eigenvalue weighted by Gasteiger charge is -2.49. The highest BCUT2D eigenvalue weighted by Gasteiger charge is 2.48. The van der Waals surface area contributed by atoms with Crippen molar-refractivity contribution in [2.75, 3.05) is 67.2 Å². The van der Waals surface area contributed by atoms with Gasteiger partial charge >= 0.3 is 6.09 Å². The molecule has 12 rings (SSSR count). The number of aromatic hydroxyl groups is 1. The average molecular weight is 1230 g/mol. The van der Waals surface area contributed by atoms with Gasteiger partial charge in [0.05, 0.1) is 40.4 Å². The first-order valence-electron chi connectivity index (χ1n) is 30.0. The molecule has 0 bridgehead atoms. The first-order valence-corrected chi connectivity index (χ1v) is 30.0. The summed E-state index contributed by atoms with van der Waals surface area (Å²) >= 11 is 0. The smallest absolute Gasteiger partial charge is 0.410 e. The Bertz CT molecular complexity index is 4340. The fourth-order valence-electron chi connectivity index (χ4n) is 12.9. The van der Waals surface area contributed by atoms with Gasteiger partial charge in [-0.25, -0.2) is 32.3 Å². The molecular formula is C68H71F4N9O9. The molecule has 4 aliphatic rings. The number of carbonyl (C=O) groups is 3. The number of anilines is 4. The third kappa shape index (κ3) is 10.7. The molecule has 22 heteroatoms. The number of carbonyl (C=O) groups excluding carboxylic acids is 3. The third-order valence-electron chi connectivity index (χ3n) is 17.1. The van der Waals surface area contributed by atoms with Gasteiger partial charge < -0.3 is 43.8 Å². The van der Waals surface area contributed by atoms with Crippen LogP contribution in [0, 0.1) is 29.2 Å². The highest BCUT2D eigenvalue weighted by Crippen LogP contribution is 2.47. The van der Waals surface area contributed by atoms with Crippen molar-refractivity contribution < 1.29 is 51.3 Å². The Balaban J connectivity index is 0.000000190. The minimum atomic E-state index is -0.902.